The van der Waals surface area contributed by atoms with Gasteiger partial charge in [0.1, 0.15) is 17.2 Å². The highest BCUT2D eigenvalue weighted by molar-refractivity contribution is 6.14. The van der Waals surface area contributed by atoms with Crippen molar-refractivity contribution >= 4 is 11.9 Å². The summed E-state index contributed by atoms with van der Waals surface area (Å²) in [6.45, 7) is 6.56. The number of aromatic nitrogens is 2. The molecule has 0 fully saturated rings. The number of nitrogens with zero attached hydrogens (tertiary/aromatic N) is 2. The summed E-state index contributed by atoms with van der Waals surface area (Å²) in [6.07, 6.45) is 3.71. The number of Topliss-reactive ketones (excluding diaryl/α,β-unsaturated/α-hetero) is 1. The molecule has 33 heavy (non-hydrogen) atoms. The van der Waals surface area contributed by atoms with Gasteiger partial charge in [-0.25, -0.2) is 4.68 Å². The van der Waals surface area contributed by atoms with Gasteiger partial charge >= 0.3 is 0 Å². The normalized spacial score (nSPS) is 13.8. The van der Waals surface area contributed by atoms with Crippen molar-refractivity contribution in [1.82, 2.24) is 9.78 Å². The first-order chi connectivity index (χ1) is 16.0. The molecule has 3 aromatic carbocycles. The second-order valence-electron chi connectivity index (χ2n) is 8.07. The number of hydrogen-bond donors (Lipinski definition) is 0. The first-order valence-electron chi connectivity index (χ1n) is 11.0. The molecule has 5 rings (SSSR count). The van der Waals surface area contributed by atoms with Gasteiger partial charge in [-0.2, -0.15) is 5.10 Å². The molecule has 1 aliphatic heterocycles. The summed E-state index contributed by atoms with van der Waals surface area (Å²) in [7, 11) is 0. The quantitative estimate of drug-likeness (QED) is 0.351. The molecule has 0 radical (unpaired) electrons. The summed E-state index contributed by atoms with van der Waals surface area (Å²) in [5.41, 5.74) is 6.08. The molecular formula is C28H24N2O3. The van der Waals surface area contributed by atoms with Crippen molar-refractivity contribution in [3.8, 4) is 28.4 Å². The largest absolute Gasteiger partial charge is 0.494 e. The van der Waals surface area contributed by atoms with Crippen LogP contribution >= 0.6 is 0 Å². The molecule has 0 amide bonds. The maximum Gasteiger partial charge on any atom is 0.231 e. The lowest BCUT2D eigenvalue weighted by Crippen LogP contribution is -1.98. The third-order valence-corrected chi connectivity index (χ3v) is 5.62. The zero-order valence-corrected chi connectivity index (χ0v) is 18.8. The highest BCUT2D eigenvalue weighted by atomic mass is 16.5. The highest BCUT2D eigenvalue weighted by Crippen LogP contribution is 2.35. The van der Waals surface area contributed by atoms with E-state index in [9.17, 15) is 4.79 Å². The van der Waals surface area contributed by atoms with Crippen LogP contribution in [-0.2, 0) is 0 Å². The fraction of sp³-hybridized carbons (Fsp3) is 0.143. The number of rotatable bonds is 5. The van der Waals surface area contributed by atoms with Crippen molar-refractivity contribution in [2.45, 2.75) is 20.8 Å². The van der Waals surface area contributed by atoms with Crippen molar-refractivity contribution in [2.24, 2.45) is 0 Å². The molecule has 0 spiro atoms. The van der Waals surface area contributed by atoms with Crippen LogP contribution in [0, 0.1) is 13.8 Å². The predicted molar refractivity (Wildman–Crippen MR) is 129 cm³/mol. The molecule has 5 nitrogen and oxygen atoms in total. The number of carbonyl (C=O) groups excluding carboxylic acids is 1. The van der Waals surface area contributed by atoms with Gasteiger partial charge in [-0.15, -0.1) is 0 Å². The Hall–Kier alpha value is -4.12. The molecule has 0 saturated heterocycles. The second-order valence-corrected chi connectivity index (χ2v) is 8.07. The van der Waals surface area contributed by atoms with Crippen LogP contribution in [0.4, 0.5) is 0 Å². The van der Waals surface area contributed by atoms with Gasteiger partial charge in [0, 0.05) is 17.3 Å². The Kier molecular flexibility index (Phi) is 5.31. The number of benzene rings is 3. The zero-order chi connectivity index (χ0) is 22.9. The molecule has 2 heterocycles. The monoisotopic (exact) mass is 436 g/mol. The van der Waals surface area contributed by atoms with Crippen LogP contribution in [0.5, 0.6) is 11.5 Å². The Morgan fingerprint density at radius 3 is 2.61 bits per heavy atom. The minimum absolute atomic E-state index is 0.116. The molecule has 0 unspecified atom stereocenters. The Labute approximate surface area is 192 Å². The number of allylic oxidation sites excluding steroid dienone is 1. The van der Waals surface area contributed by atoms with Crippen LogP contribution in [0.1, 0.15) is 34.0 Å². The van der Waals surface area contributed by atoms with E-state index in [1.54, 1.807) is 6.08 Å². The van der Waals surface area contributed by atoms with Gasteiger partial charge in [-0.05, 0) is 74.9 Å². The third kappa shape index (κ3) is 3.94. The molecule has 1 aromatic heterocycles. The van der Waals surface area contributed by atoms with Crippen LogP contribution in [0.15, 0.2) is 78.7 Å². The summed E-state index contributed by atoms with van der Waals surface area (Å²) in [5.74, 6) is 1.62. The molecule has 0 N–H and O–H groups in total. The summed E-state index contributed by atoms with van der Waals surface area (Å²) in [5, 5.41) is 4.86. The number of aryl methyl sites for hydroxylation is 2. The molecular weight excluding hydrogens is 412 g/mol. The van der Waals surface area contributed by atoms with Crippen LogP contribution in [0.25, 0.3) is 23.0 Å². The third-order valence-electron chi connectivity index (χ3n) is 5.62. The van der Waals surface area contributed by atoms with Crippen molar-refractivity contribution in [1.29, 1.82) is 0 Å². The average molecular weight is 437 g/mol. The molecule has 1 aliphatic rings. The fourth-order valence-electron chi connectivity index (χ4n) is 3.99. The van der Waals surface area contributed by atoms with Gasteiger partial charge in [-0.3, -0.25) is 4.79 Å². The fourth-order valence-corrected chi connectivity index (χ4v) is 3.99. The molecule has 4 aromatic rings. The van der Waals surface area contributed by atoms with E-state index in [-0.39, 0.29) is 5.78 Å². The number of fused-ring (bicyclic) bond motifs is 1. The van der Waals surface area contributed by atoms with E-state index >= 15 is 0 Å². The van der Waals surface area contributed by atoms with E-state index in [2.05, 4.69) is 6.07 Å². The molecule has 0 bridgehead atoms. The van der Waals surface area contributed by atoms with E-state index in [0.717, 1.165) is 39.4 Å². The molecule has 5 heteroatoms. The Balaban J connectivity index is 1.61. The lowest BCUT2D eigenvalue weighted by Gasteiger charge is -2.08. The Morgan fingerprint density at radius 2 is 1.85 bits per heavy atom. The second kappa shape index (κ2) is 8.43. The van der Waals surface area contributed by atoms with Gasteiger partial charge in [0.2, 0.25) is 5.78 Å². The number of ketones is 1. The minimum Gasteiger partial charge on any atom is -0.494 e. The minimum atomic E-state index is -0.116. The maximum absolute atomic E-state index is 13.0. The van der Waals surface area contributed by atoms with Crippen molar-refractivity contribution < 1.29 is 14.3 Å². The van der Waals surface area contributed by atoms with Gasteiger partial charge < -0.3 is 9.47 Å². The van der Waals surface area contributed by atoms with Gasteiger partial charge in [0.05, 0.1) is 17.9 Å². The SMILES string of the molecule is CCOc1ccc(-c2nn(-c3ccccc3)cc2/C=C2\Oc3ccc(C)cc3C2=O)cc1C. The summed E-state index contributed by atoms with van der Waals surface area (Å²) in [6, 6.07) is 21.6. The molecule has 0 aliphatic carbocycles. The van der Waals surface area contributed by atoms with Crippen molar-refractivity contribution in [3.63, 3.8) is 0 Å². The lowest BCUT2D eigenvalue weighted by atomic mass is 10.0. The van der Waals surface area contributed by atoms with Gasteiger partial charge in [-0.1, -0.05) is 29.8 Å². The summed E-state index contributed by atoms with van der Waals surface area (Å²) in [4.78, 5) is 13.0. The molecule has 0 saturated carbocycles. The smallest absolute Gasteiger partial charge is 0.231 e. The van der Waals surface area contributed by atoms with E-state index < -0.39 is 0 Å². The van der Waals surface area contributed by atoms with E-state index in [1.165, 1.54) is 0 Å². The van der Waals surface area contributed by atoms with Gasteiger partial charge in [0.25, 0.3) is 0 Å². The predicted octanol–water partition coefficient (Wildman–Crippen LogP) is 6.17. The molecule has 0 atom stereocenters. The standard InChI is InChI=1S/C28H24N2O3/c1-4-32-24-13-11-20(15-19(24)3)27-21(17-30(29-27)22-8-6-5-7-9-22)16-26-28(31)23-14-18(2)10-12-25(23)33-26/h5-17H,4H2,1-3H3/b26-16-. The molecule has 164 valence electrons. The average Bonchev–Trinajstić information content (AvgIpc) is 3.38. The number of ether oxygens (including phenoxy) is 2. The van der Waals surface area contributed by atoms with E-state index in [0.29, 0.717) is 23.7 Å². The first kappa shape index (κ1) is 20.8. The summed E-state index contributed by atoms with van der Waals surface area (Å²) < 4.78 is 13.4. The lowest BCUT2D eigenvalue weighted by molar-refractivity contribution is 0.101. The topological polar surface area (TPSA) is 53.4 Å². The first-order valence-corrected chi connectivity index (χ1v) is 11.0. The Bertz CT molecular complexity index is 1380. The number of carbonyl (C=O) groups is 1. The van der Waals surface area contributed by atoms with Crippen LogP contribution in [-0.4, -0.2) is 22.2 Å². The number of hydrogen-bond acceptors (Lipinski definition) is 4. The van der Waals surface area contributed by atoms with E-state index in [4.69, 9.17) is 14.6 Å². The number of para-hydroxylation sites is 1. The van der Waals surface area contributed by atoms with Gasteiger partial charge in [0.15, 0.2) is 5.76 Å². The van der Waals surface area contributed by atoms with Crippen LogP contribution in [0.2, 0.25) is 0 Å². The van der Waals surface area contributed by atoms with Crippen LogP contribution < -0.4 is 9.47 Å². The van der Waals surface area contributed by atoms with E-state index in [1.807, 2.05) is 92.3 Å². The van der Waals surface area contributed by atoms with Crippen molar-refractivity contribution in [2.75, 3.05) is 6.61 Å². The highest BCUT2D eigenvalue weighted by Gasteiger charge is 2.28. The van der Waals surface area contributed by atoms with Crippen molar-refractivity contribution in [3.05, 3.63) is 101 Å². The Morgan fingerprint density at radius 1 is 1.03 bits per heavy atom. The zero-order valence-electron chi connectivity index (χ0n) is 18.8. The maximum atomic E-state index is 13.0. The van der Waals surface area contributed by atoms with Crippen LogP contribution in [0.3, 0.4) is 0 Å². The summed E-state index contributed by atoms with van der Waals surface area (Å²) >= 11 is 0.